The maximum atomic E-state index is 12.8. The number of amides is 1. The number of hydrogen-bond donors (Lipinski definition) is 1. The highest BCUT2D eigenvalue weighted by molar-refractivity contribution is 7.18. The van der Waals surface area contributed by atoms with Crippen LogP contribution in [0, 0.1) is 13.8 Å². The molecule has 0 radical (unpaired) electrons. The average Bonchev–Trinajstić information content (AvgIpc) is 3.30. The fraction of sp³-hybridized carbons (Fsp3) is 0.261. The Balaban J connectivity index is 1.46. The van der Waals surface area contributed by atoms with E-state index in [9.17, 15) is 4.79 Å². The molecular weight excluding hydrogens is 394 g/mol. The lowest BCUT2D eigenvalue weighted by atomic mass is 10.2. The minimum Gasteiger partial charge on any atom is -0.322 e. The zero-order valence-corrected chi connectivity index (χ0v) is 18.4. The van der Waals surface area contributed by atoms with E-state index < -0.39 is 0 Å². The number of likely N-dealkylation sites (N-methyl/N-ethyl adjacent to an activating group) is 1. The van der Waals surface area contributed by atoms with Crippen molar-refractivity contribution in [2.75, 3.05) is 18.9 Å². The van der Waals surface area contributed by atoms with Gasteiger partial charge in [-0.25, -0.2) is 9.67 Å². The number of hydrogen-bond acceptors (Lipinski definition) is 5. The third-order valence-corrected chi connectivity index (χ3v) is 6.49. The molecule has 0 unspecified atom stereocenters. The molecule has 0 bridgehead atoms. The Hall–Kier alpha value is -3.03. The Morgan fingerprint density at radius 2 is 1.83 bits per heavy atom. The standard InChI is InChI=1S/C23H25N5OS/c1-15-22(16(2)28(26-15)18-10-6-5-7-11-18)25-21(29)14-27(4)17(3)23-24-19-12-8-9-13-20(19)30-23/h5-13,17H,14H2,1-4H3,(H,25,29)/t17-/m1/s1. The summed E-state index contributed by atoms with van der Waals surface area (Å²) >= 11 is 1.67. The monoisotopic (exact) mass is 419 g/mol. The summed E-state index contributed by atoms with van der Waals surface area (Å²) in [4.78, 5) is 19.5. The molecule has 0 aliphatic heterocycles. The smallest absolute Gasteiger partial charge is 0.238 e. The summed E-state index contributed by atoms with van der Waals surface area (Å²) in [6.07, 6.45) is 0. The van der Waals surface area contributed by atoms with Crippen LogP contribution in [0.5, 0.6) is 0 Å². The molecule has 0 aliphatic rings. The fourth-order valence-corrected chi connectivity index (χ4v) is 4.53. The molecule has 1 amide bonds. The number of nitrogens with zero attached hydrogens (tertiary/aromatic N) is 4. The van der Waals surface area contributed by atoms with Crippen LogP contribution in [0.2, 0.25) is 0 Å². The quantitative estimate of drug-likeness (QED) is 0.491. The van der Waals surface area contributed by atoms with Crippen LogP contribution in [0.3, 0.4) is 0 Å². The Kier molecular flexibility index (Phi) is 5.65. The Labute approximate surface area is 180 Å². The first-order valence-corrected chi connectivity index (χ1v) is 10.7. The molecule has 0 spiro atoms. The number of nitrogens with one attached hydrogen (secondary N) is 1. The van der Waals surface area contributed by atoms with Gasteiger partial charge in [-0.05, 0) is 52.1 Å². The molecule has 2 aromatic heterocycles. The Morgan fingerprint density at radius 3 is 2.57 bits per heavy atom. The molecule has 2 heterocycles. The number of anilines is 1. The second-order valence-corrected chi connectivity index (χ2v) is 8.51. The molecule has 1 atom stereocenters. The van der Waals surface area contributed by atoms with E-state index >= 15 is 0 Å². The highest BCUT2D eigenvalue weighted by atomic mass is 32.1. The molecule has 154 valence electrons. The molecule has 30 heavy (non-hydrogen) atoms. The first kappa shape index (κ1) is 20.3. The van der Waals surface area contributed by atoms with Crippen LogP contribution in [0.15, 0.2) is 54.6 Å². The van der Waals surface area contributed by atoms with Gasteiger partial charge < -0.3 is 5.32 Å². The van der Waals surface area contributed by atoms with Crippen molar-refractivity contribution in [3.8, 4) is 5.69 Å². The molecule has 6 nitrogen and oxygen atoms in total. The zero-order valence-electron chi connectivity index (χ0n) is 17.6. The van der Waals surface area contributed by atoms with E-state index in [1.165, 1.54) is 0 Å². The van der Waals surface area contributed by atoms with Crippen molar-refractivity contribution < 1.29 is 4.79 Å². The van der Waals surface area contributed by atoms with Crippen LogP contribution < -0.4 is 5.32 Å². The van der Waals surface area contributed by atoms with Crippen molar-refractivity contribution in [2.45, 2.75) is 26.8 Å². The molecule has 7 heteroatoms. The summed E-state index contributed by atoms with van der Waals surface area (Å²) in [5.41, 5.74) is 4.45. The van der Waals surface area contributed by atoms with Crippen LogP contribution in [0.4, 0.5) is 5.69 Å². The third-order valence-electron chi connectivity index (χ3n) is 5.28. The predicted octanol–water partition coefficient (Wildman–Crippen LogP) is 4.73. The van der Waals surface area contributed by atoms with Crippen LogP contribution >= 0.6 is 11.3 Å². The van der Waals surface area contributed by atoms with Gasteiger partial charge in [0, 0.05) is 0 Å². The zero-order chi connectivity index (χ0) is 21.3. The lowest BCUT2D eigenvalue weighted by molar-refractivity contribution is -0.117. The molecule has 0 fully saturated rings. The van der Waals surface area contributed by atoms with Gasteiger partial charge in [0.1, 0.15) is 5.01 Å². The van der Waals surface area contributed by atoms with E-state index in [-0.39, 0.29) is 18.5 Å². The molecule has 4 rings (SSSR count). The number of para-hydroxylation sites is 2. The molecule has 1 N–H and O–H groups in total. The fourth-order valence-electron chi connectivity index (χ4n) is 3.44. The van der Waals surface area contributed by atoms with Crippen LogP contribution in [0.1, 0.15) is 29.4 Å². The van der Waals surface area contributed by atoms with Gasteiger partial charge in [-0.3, -0.25) is 9.69 Å². The number of thiazole rings is 1. The molecule has 2 aromatic carbocycles. The van der Waals surface area contributed by atoms with Crippen LogP contribution in [0.25, 0.3) is 15.9 Å². The molecular formula is C23H25N5OS. The average molecular weight is 420 g/mol. The summed E-state index contributed by atoms with van der Waals surface area (Å²) in [7, 11) is 1.95. The van der Waals surface area contributed by atoms with Gasteiger partial charge >= 0.3 is 0 Å². The minimum absolute atomic E-state index is 0.0439. The number of benzene rings is 2. The second-order valence-electron chi connectivity index (χ2n) is 7.45. The Morgan fingerprint density at radius 1 is 1.13 bits per heavy atom. The van der Waals surface area contributed by atoms with E-state index in [1.54, 1.807) is 11.3 Å². The lowest BCUT2D eigenvalue weighted by Crippen LogP contribution is -2.32. The lowest BCUT2D eigenvalue weighted by Gasteiger charge is -2.22. The number of aryl methyl sites for hydroxylation is 1. The van der Waals surface area contributed by atoms with Crippen LogP contribution in [-0.2, 0) is 4.79 Å². The number of aromatic nitrogens is 3. The normalized spacial score (nSPS) is 12.4. The summed E-state index contributed by atoms with van der Waals surface area (Å²) in [6, 6.07) is 18.1. The van der Waals surface area contributed by atoms with Crippen molar-refractivity contribution >= 4 is 33.1 Å². The van der Waals surface area contributed by atoms with E-state index in [0.29, 0.717) is 0 Å². The molecule has 0 saturated carbocycles. The van der Waals surface area contributed by atoms with Crippen molar-refractivity contribution in [1.82, 2.24) is 19.7 Å². The molecule has 0 saturated heterocycles. The molecule has 4 aromatic rings. The number of rotatable bonds is 6. The van der Waals surface area contributed by atoms with Gasteiger partial charge in [-0.1, -0.05) is 30.3 Å². The van der Waals surface area contributed by atoms with E-state index in [2.05, 4.69) is 23.4 Å². The van der Waals surface area contributed by atoms with Gasteiger partial charge in [0.2, 0.25) is 5.91 Å². The van der Waals surface area contributed by atoms with Gasteiger partial charge in [-0.2, -0.15) is 5.10 Å². The number of carbonyl (C=O) groups is 1. The maximum absolute atomic E-state index is 12.8. The second kappa shape index (κ2) is 8.38. The van der Waals surface area contributed by atoms with Gasteiger partial charge in [-0.15, -0.1) is 11.3 Å². The largest absolute Gasteiger partial charge is 0.322 e. The first-order chi connectivity index (χ1) is 14.4. The number of fused-ring (bicyclic) bond motifs is 1. The van der Waals surface area contributed by atoms with Crippen molar-refractivity contribution in [1.29, 1.82) is 0 Å². The molecule has 0 aliphatic carbocycles. The first-order valence-electron chi connectivity index (χ1n) is 9.91. The van der Waals surface area contributed by atoms with Crippen molar-refractivity contribution in [3.05, 3.63) is 71.0 Å². The van der Waals surface area contributed by atoms with Crippen LogP contribution in [-0.4, -0.2) is 39.2 Å². The summed E-state index contributed by atoms with van der Waals surface area (Å²) in [6.45, 7) is 6.23. The van der Waals surface area contributed by atoms with Gasteiger partial charge in [0.15, 0.2) is 0 Å². The predicted molar refractivity (Wildman–Crippen MR) is 122 cm³/mol. The maximum Gasteiger partial charge on any atom is 0.238 e. The van der Waals surface area contributed by atoms with Gasteiger partial charge in [0.05, 0.1) is 45.6 Å². The topological polar surface area (TPSA) is 63.1 Å². The van der Waals surface area contributed by atoms with E-state index in [0.717, 1.165) is 38.0 Å². The summed E-state index contributed by atoms with van der Waals surface area (Å²) < 4.78 is 3.02. The van der Waals surface area contributed by atoms with E-state index in [4.69, 9.17) is 4.98 Å². The van der Waals surface area contributed by atoms with E-state index in [1.807, 2.05) is 79.0 Å². The summed E-state index contributed by atoms with van der Waals surface area (Å²) in [5.74, 6) is -0.0655. The number of carbonyl (C=O) groups excluding carboxylic acids is 1. The summed E-state index contributed by atoms with van der Waals surface area (Å²) in [5, 5.41) is 8.66. The highest BCUT2D eigenvalue weighted by Gasteiger charge is 2.20. The van der Waals surface area contributed by atoms with Gasteiger partial charge in [0.25, 0.3) is 0 Å². The van der Waals surface area contributed by atoms with Crippen molar-refractivity contribution in [2.24, 2.45) is 0 Å². The highest BCUT2D eigenvalue weighted by Crippen LogP contribution is 2.29. The Bertz CT molecular complexity index is 1150. The van der Waals surface area contributed by atoms with Crippen molar-refractivity contribution in [3.63, 3.8) is 0 Å². The SMILES string of the molecule is Cc1nn(-c2ccccc2)c(C)c1NC(=O)CN(C)[C@H](C)c1nc2ccccc2s1. The third kappa shape index (κ3) is 3.99. The minimum atomic E-state index is -0.0655.